The molecule has 0 fully saturated rings. The van der Waals surface area contributed by atoms with Crippen LogP contribution in [0.4, 0.5) is 0 Å². The molecule has 0 aromatic rings. The van der Waals surface area contributed by atoms with Gasteiger partial charge in [-0.2, -0.15) is 0 Å². The minimum absolute atomic E-state index is 0.209. The van der Waals surface area contributed by atoms with Gasteiger partial charge in [-0.1, -0.05) is 0 Å². The van der Waals surface area contributed by atoms with Gasteiger partial charge in [0.05, 0.1) is 39.5 Å². The number of ether oxygens (including phenoxy) is 4. The third kappa shape index (κ3) is 14.7. The average Bonchev–Trinajstić information content (AvgIpc) is 2.45. The third-order valence-electron chi connectivity index (χ3n) is 2.16. The van der Waals surface area contributed by atoms with Crippen molar-refractivity contribution in [3.63, 3.8) is 0 Å². The zero-order valence-electron chi connectivity index (χ0n) is 12.7. The molecule has 0 aromatic carbocycles. The van der Waals surface area contributed by atoms with E-state index in [0.717, 1.165) is 0 Å². The fourth-order valence-corrected chi connectivity index (χ4v) is 1.26. The molecule has 0 rings (SSSR count). The number of carbonyl (C=O) groups excluding carboxylic acids is 2. The molecular weight excluding hydrogens is 298 g/mol. The summed E-state index contributed by atoms with van der Waals surface area (Å²) in [5, 5.41) is 10.8. The second kappa shape index (κ2) is 14.2. The molecule has 1 amide bonds. The lowest BCUT2D eigenvalue weighted by atomic mass is 10.5. The number of hydrogen-bond acceptors (Lipinski definition) is 7. The maximum absolute atomic E-state index is 11.2. The van der Waals surface area contributed by atoms with Crippen LogP contribution in [0.25, 0.3) is 0 Å². The maximum atomic E-state index is 11.2. The molecule has 0 radical (unpaired) electrons. The van der Waals surface area contributed by atoms with Gasteiger partial charge in [0.1, 0.15) is 13.2 Å². The highest BCUT2D eigenvalue weighted by molar-refractivity contribution is 5.77. The number of carboxylic acids is 1. The van der Waals surface area contributed by atoms with Crippen molar-refractivity contribution in [1.29, 1.82) is 0 Å². The van der Waals surface area contributed by atoms with Crippen LogP contribution >= 0.6 is 0 Å². The lowest BCUT2D eigenvalue weighted by Crippen LogP contribution is -2.31. The normalized spacial score (nSPS) is 10.2. The quantitative estimate of drug-likeness (QED) is 0.315. The summed E-state index contributed by atoms with van der Waals surface area (Å²) >= 11 is 0. The van der Waals surface area contributed by atoms with E-state index in [1.54, 1.807) is 6.92 Å². The van der Waals surface area contributed by atoms with Gasteiger partial charge in [0, 0.05) is 6.54 Å². The maximum Gasteiger partial charge on any atom is 0.329 e. The standard InChI is InChI=1S/C13H23NO8/c1-2-22-13(18)3-5-19-7-8-20-6-4-14-11(15)9-21-10-12(16)17/h2-10H2,1H3,(H,14,15)(H,16,17). The van der Waals surface area contributed by atoms with Gasteiger partial charge in [0.2, 0.25) is 5.91 Å². The van der Waals surface area contributed by atoms with Gasteiger partial charge in [0.15, 0.2) is 0 Å². The number of esters is 1. The molecular formula is C13H23NO8. The van der Waals surface area contributed by atoms with Crippen LogP contribution in [0.15, 0.2) is 0 Å². The minimum Gasteiger partial charge on any atom is -0.480 e. The molecule has 0 aliphatic heterocycles. The molecule has 22 heavy (non-hydrogen) atoms. The number of hydrogen-bond donors (Lipinski definition) is 2. The summed E-state index contributed by atoms with van der Waals surface area (Å²) in [6.45, 7) is 2.84. The second-order valence-electron chi connectivity index (χ2n) is 4.02. The first-order valence-electron chi connectivity index (χ1n) is 6.93. The predicted octanol–water partition coefficient (Wildman–Crippen LogP) is -0.810. The molecule has 2 N–H and O–H groups in total. The molecule has 128 valence electrons. The summed E-state index contributed by atoms with van der Waals surface area (Å²) in [6.07, 6.45) is 0.209. The molecule has 0 unspecified atom stereocenters. The van der Waals surface area contributed by atoms with Crippen molar-refractivity contribution in [2.24, 2.45) is 0 Å². The minimum atomic E-state index is -1.13. The number of carboxylic acid groups (broad SMARTS) is 1. The lowest BCUT2D eigenvalue weighted by Gasteiger charge is -2.07. The zero-order valence-corrected chi connectivity index (χ0v) is 12.7. The van der Waals surface area contributed by atoms with Crippen molar-refractivity contribution in [2.45, 2.75) is 13.3 Å². The molecule has 9 nitrogen and oxygen atoms in total. The first-order chi connectivity index (χ1) is 10.6. The Balaban J connectivity index is 3.24. The van der Waals surface area contributed by atoms with Crippen LogP contribution in [0.5, 0.6) is 0 Å². The van der Waals surface area contributed by atoms with E-state index in [-0.39, 0.29) is 32.1 Å². The molecule has 0 saturated heterocycles. The number of nitrogens with one attached hydrogen (secondary N) is 1. The van der Waals surface area contributed by atoms with Gasteiger partial charge in [-0.25, -0.2) is 4.79 Å². The van der Waals surface area contributed by atoms with E-state index < -0.39 is 18.5 Å². The average molecular weight is 321 g/mol. The van der Waals surface area contributed by atoms with E-state index in [0.29, 0.717) is 26.4 Å². The summed E-state index contributed by atoms with van der Waals surface area (Å²) in [6, 6.07) is 0. The van der Waals surface area contributed by atoms with Crippen LogP contribution in [-0.2, 0) is 33.3 Å². The Kier molecular flexibility index (Phi) is 13.1. The molecule has 0 heterocycles. The molecule has 0 aromatic heterocycles. The van der Waals surface area contributed by atoms with Crippen LogP contribution in [0.2, 0.25) is 0 Å². The van der Waals surface area contributed by atoms with Crippen LogP contribution in [0.1, 0.15) is 13.3 Å². The van der Waals surface area contributed by atoms with Crippen molar-refractivity contribution in [1.82, 2.24) is 5.32 Å². The molecule has 0 spiro atoms. The van der Waals surface area contributed by atoms with Gasteiger partial charge in [-0.15, -0.1) is 0 Å². The van der Waals surface area contributed by atoms with Gasteiger partial charge in [0.25, 0.3) is 0 Å². The van der Waals surface area contributed by atoms with E-state index in [4.69, 9.17) is 19.3 Å². The first-order valence-corrected chi connectivity index (χ1v) is 6.93. The molecule has 0 bridgehead atoms. The summed E-state index contributed by atoms with van der Waals surface area (Å²) in [7, 11) is 0. The van der Waals surface area contributed by atoms with Crippen molar-refractivity contribution in [2.75, 3.05) is 52.8 Å². The SMILES string of the molecule is CCOC(=O)CCOCCOCCNC(=O)COCC(=O)O. The summed E-state index contributed by atoms with van der Waals surface area (Å²) in [4.78, 5) is 32.3. The van der Waals surface area contributed by atoms with Gasteiger partial charge in [-0.05, 0) is 6.92 Å². The molecule has 0 aliphatic rings. The van der Waals surface area contributed by atoms with Crippen molar-refractivity contribution in [3.8, 4) is 0 Å². The fraction of sp³-hybridized carbons (Fsp3) is 0.769. The van der Waals surface area contributed by atoms with E-state index in [1.807, 2.05) is 0 Å². The van der Waals surface area contributed by atoms with Crippen molar-refractivity contribution < 1.29 is 38.4 Å². The lowest BCUT2D eigenvalue weighted by molar-refractivity contribution is -0.145. The van der Waals surface area contributed by atoms with Gasteiger partial charge in [-0.3, -0.25) is 9.59 Å². The number of aliphatic carboxylic acids is 1. The Hall–Kier alpha value is -1.71. The van der Waals surface area contributed by atoms with Crippen LogP contribution < -0.4 is 5.32 Å². The fourth-order valence-electron chi connectivity index (χ4n) is 1.26. The number of amides is 1. The highest BCUT2D eigenvalue weighted by Gasteiger charge is 2.03. The second-order valence-corrected chi connectivity index (χ2v) is 4.02. The van der Waals surface area contributed by atoms with E-state index >= 15 is 0 Å². The number of rotatable bonds is 14. The Morgan fingerprint density at radius 3 is 2.27 bits per heavy atom. The summed E-state index contributed by atoms with van der Waals surface area (Å²) in [5.74, 6) is -1.83. The Bertz CT molecular complexity index is 334. The third-order valence-corrected chi connectivity index (χ3v) is 2.16. The molecule has 0 atom stereocenters. The Morgan fingerprint density at radius 2 is 1.64 bits per heavy atom. The monoisotopic (exact) mass is 321 g/mol. The van der Waals surface area contributed by atoms with E-state index in [1.165, 1.54) is 0 Å². The van der Waals surface area contributed by atoms with Crippen molar-refractivity contribution in [3.05, 3.63) is 0 Å². The molecule has 0 aliphatic carbocycles. The highest BCUT2D eigenvalue weighted by Crippen LogP contribution is 1.88. The Morgan fingerprint density at radius 1 is 0.955 bits per heavy atom. The van der Waals surface area contributed by atoms with Crippen LogP contribution in [-0.4, -0.2) is 75.7 Å². The molecule has 9 heteroatoms. The molecule has 0 saturated carbocycles. The largest absolute Gasteiger partial charge is 0.480 e. The summed E-state index contributed by atoms with van der Waals surface area (Å²) < 4.78 is 19.7. The smallest absolute Gasteiger partial charge is 0.329 e. The highest BCUT2D eigenvalue weighted by atomic mass is 16.5. The van der Waals surface area contributed by atoms with Crippen LogP contribution in [0, 0.1) is 0 Å². The number of carbonyl (C=O) groups is 3. The van der Waals surface area contributed by atoms with Gasteiger partial charge >= 0.3 is 11.9 Å². The van der Waals surface area contributed by atoms with Crippen LogP contribution in [0.3, 0.4) is 0 Å². The van der Waals surface area contributed by atoms with Gasteiger partial charge < -0.3 is 29.4 Å². The zero-order chi connectivity index (χ0) is 16.6. The Labute approximate surface area is 128 Å². The predicted molar refractivity (Wildman–Crippen MR) is 74.4 cm³/mol. The van der Waals surface area contributed by atoms with Crippen molar-refractivity contribution >= 4 is 17.8 Å². The first kappa shape index (κ1) is 20.3. The topological polar surface area (TPSA) is 120 Å². The van der Waals surface area contributed by atoms with E-state index in [2.05, 4.69) is 10.1 Å². The van der Waals surface area contributed by atoms with E-state index in [9.17, 15) is 14.4 Å². The summed E-state index contributed by atoms with van der Waals surface area (Å²) in [5.41, 5.74) is 0.